The number of nitrogens with zero attached hydrogens (tertiary/aromatic N) is 1. The normalized spacial score (nSPS) is 13.7. The van der Waals surface area contributed by atoms with E-state index in [2.05, 4.69) is 5.32 Å². The Morgan fingerprint density at radius 3 is 2.85 bits per heavy atom. The average molecular weight is 377 g/mol. The molecule has 0 aliphatic carbocycles. The summed E-state index contributed by atoms with van der Waals surface area (Å²) in [6.45, 7) is 0.359. The van der Waals surface area contributed by atoms with E-state index in [0.717, 1.165) is 6.42 Å². The van der Waals surface area contributed by atoms with Gasteiger partial charge < -0.3 is 19.4 Å². The van der Waals surface area contributed by atoms with E-state index < -0.39 is 18.5 Å². The van der Waals surface area contributed by atoms with Crippen molar-refractivity contribution in [3.8, 4) is 0 Å². The highest BCUT2D eigenvalue weighted by molar-refractivity contribution is 6.34. The molecule has 1 aliphatic rings. The molecule has 0 unspecified atom stereocenters. The molecule has 0 saturated carbocycles. The van der Waals surface area contributed by atoms with Gasteiger partial charge in [0.15, 0.2) is 6.61 Å². The Morgan fingerprint density at radius 2 is 2.15 bits per heavy atom. The molecule has 1 aromatic heterocycles. The second-order valence-corrected chi connectivity index (χ2v) is 6.15. The number of furan rings is 1. The van der Waals surface area contributed by atoms with Crippen LogP contribution >= 0.6 is 11.6 Å². The maximum Gasteiger partial charge on any atom is 0.338 e. The van der Waals surface area contributed by atoms with Crippen LogP contribution in [0.25, 0.3) is 0 Å². The Balaban J connectivity index is 1.57. The van der Waals surface area contributed by atoms with Gasteiger partial charge in [-0.15, -0.1) is 0 Å². The topological polar surface area (TPSA) is 88.9 Å². The minimum absolute atomic E-state index is 0.0327. The van der Waals surface area contributed by atoms with E-state index in [1.165, 1.54) is 24.5 Å². The molecule has 2 aromatic rings. The number of amides is 2. The van der Waals surface area contributed by atoms with Crippen molar-refractivity contribution < 1.29 is 23.5 Å². The minimum Gasteiger partial charge on any atom is -0.467 e. The molecule has 2 amide bonds. The highest BCUT2D eigenvalue weighted by Crippen LogP contribution is 2.30. The van der Waals surface area contributed by atoms with Crippen molar-refractivity contribution in [2.24, 2.45) is 0 Å². The predicted molar refractivity (Wildman–Crippen MR) is 93.9 cm³/mol. The Kier molecular flexibility index (Phi) is 5.58. The SMILES string of the molecule is O=C(COC(=O)c1ccc(Cl)c(N2CCCC2=O)c1)NCc1ccco1. The summed E-state index contributed by atoms with van der Waals surface area (Å²) in [7, 11) is 0. The Bertz CT molecular complexity index is 819. The molecule has 1 N–H and O–H groups in total. The van der Waals surface area contributed by atoms with Crippen molar-refractivity contribution in [2.75, 3.05) is 18.1 Å². The number of hydrogen-bond acceptors (Lipinski definition) is 5. The van der Waals surface area contributed by atoms with Crippen LogP contribution in [0.15, 0.2) is 41.0 Å². The first-order valence-corrected chi connectivity index (χ1v) is 8.48. The first-order chi connectivity index (χ1) is 12.5. The summed E-state index contributed by atoms with van der Waals surface area (Å²) in [6.07, 6.45) is 2.71. The van der Waals surface area contributed by atoms with Crippen LogP contribution < -0.4 is 10.2 Å². The standard InChI is InChI=1S/C18H17ClN2O5/c19-14-6-5-12(9-15(14)21-7-1-4-17(21)23)18(24)26-11-16(22)20-10-13-3-2-8-25-13/h2-3,5-6,8-9H,1,4,7,10-11H2,(H,20,22). The van der Waals surface area contributed by atoms with Crippen LogP contribution in [-0.4, -0.2) is 30.9 Å². The van der Waals surface area contributed by atoms with E-state index in [9.17, 15) is 14.4 Å². The zero-order valence-electron chi connectivity index (χ0n) is 13.9. The summed E-state index contributed by atoms with van der Waals surface area (Å²) in [4.78, 5) is 37.4. The number of halogens is 1. The number of carbonyl (C=O) groups excluding carboxylic acids is 3. The lowest BCUT2D eigenvalue weighted by atomic mass is 10.2. The number of nitrogens with one attached hydrogen (secondary N) is 1. The average Bonchev–Trinajstić information content (AvgIpc) is 3.30. The van der Waals surface area contributed by atoms with Gasteiger partial charge in [-0.3, -0.25) is 9.59 Å². The second-order valence-electron chi connectivity index (χ2n) is 5.75. The van der Waals surface area contributed by atoms with Crippen LogP contribution in [-0.2, 0) is 20.9 Å². The van der Waals surface area contributed by atoms with Gasteiger partial charge in [0.05, 0.1) is 29.1 Å². The molecule has 0 radical (unpaired) electrons. The Labute approximate surface area is 154 Å². The van der Waals surface area contributed by atoms with Gasteiger partial charge in [-0.05, 0) is 36.8 Å². The van der Waals surface area contributed by atoms with Gasteiger partial charge in [0.25, 0.3) is 5.91 Å². The maximum atomic E-state index is 12.2. The predicted octanol–water partition coefficient (Wildman–Crippen LogP) is 2.53. The molecule has 136 valence electrons. The Hall–Kier alpha value is -2.80. The van der Waals surface area contributed by atoms with Gasteiger partial charge in [0, 0.05) is 13.0 Å². The van der Waals surface area contributed by atoms with Gasteiger partial charge in [-0.1, -0.05) is 11.6 Å². The number of benzene rings is 1. The van der Waals surface area contributed by atoms with Crippen LogP contribution in [0.3, 0.4) is 0 Å². The molecule has 0 spiro atoms. The molecule has 7 nitrogen and oxygen atoms in total. The van der Waals surface area contributed by atoms with Crippen LogP contribution in [0.5, 0.6) is 0 Å². The van der Waals surface area contributed by atoms with Crippen molar-refractivity contribution >= 4 is 35.1 Å². The zero-order chi connectivity index (χ0) is 18.5. The van der Waals surface area contributed by atoms with E-state index in [0.29, 0.717) is 29.4 Å². The number of carbonyl (C=O) groups is 3. The van der Waals surface area contributed by atoms with E-state index >= 15 is 0 Å². The van der Waals surface area contributed by atoms with E-state index in [1.54, 1.807) is 17.0 Å². The molecule has 1 fully saturated rings. The fourth-order valence-corrected chi connectivity index (χ4v) is 2.83. The molecular weight excluding hydrogens is 360 g/mol. The molecule has 0 bridgehead atoms. The summed E-state index contributed by atoms with van der Waals surface area (Å²) in [6, 6.07) is 7.98. The zero-order valence-corrected chi connectivity index (χ0v) is 14.6. The number of esters is 1. The van der Waals surface area contributed by atoms with Crippen LogP contribution in [0, 0.1) is 0 Å². The smallest absolute Gasteiger partial charge is 0.338 e. The summed E-state index contributed by atoms with van der Waals surface area (Å²) in [5, 5.41) is 2.96. The van der Waals surface area contributed by atoms with Crippen LogP contribution in [0.1, 0.15) is 29.0 Å². The van der Waals surface area contributed by atoms with Crippen LogP contribution in [0.2, 0.25) is 5.02 Å². The van der Waals surface area contributed by atoms with Gasteiger partial charge in [-0.25, -0.2) is 4.79 Å². The molecular formula is C18H17ClN2O5. The molecule has 26 heavy (non-hydrogen) atoms. The summed E-state index contributed by atoms with van der Waals surface area (Å²) in [5.74, 6) is -0.543. The summed E-state index contributed by atoms with van der Waals surface area (Å²) >= 11 is 6.14. The largest absolute Gasteiger partial charge is 0.467 e. The molecule has 0 atom stereocenters. The molecule has 8 heteroatoms. The molecule has 3 rings (SSSR count). The summed E-state index contributed by atoms with van der Waals surface area (Å²) in [5.41, 5.74) is 0.703. The second kappa shape index (κ2) is 8.05. The highest BCUT2D eigenvalue weighted by atomic mass is 35.5. The van der Waals surface area contributed by atoms with E-state index in [1.807, 2.05) is 0 Å². The molecule has 1 saturated heterocycles. The molecule has 2 heterocycles. The maximum absolute atomic E-state index is 12.2. The highest BCUT2D eigenvalue weighted by Gasteiger charge is 2.24. The van der Waals surface area contributed by atoms with Crippen LogP contribution in [0.4, 0.5) is 5.69 Å². The lowest BCUT2D eigenvalue weighted by Gasteiger charge is -2.18. The first kappa shape index (κ1) is 18.0. The lowest BCUT2D eigenvalue weighted by molar-refractivity contribution is -0.124. The molecule has 1 aromatic carbocycles. The van der Waals surface area contributed by atoms with Crippen molar-refractivity contribution in [1.82, 2.24) is 5.32 Å². The molecule has 1 aliphatic heterocycles. The third kappa shape index (κ3) is 4.23. The number of ether oxygens (including phenoxy) is 1. The number of anilines is 1. The first-order valence-electron chi connectivity index (χ1n) is 8.11. The number of hydrogen-bond donors (Lipinski definition) is 1. The fourth-order valence-electron chi connectivity index (χ4n) is 2.61. The third-order valence-corrected chi connectivity index (χ3v) is 4.24. The van der Waals surface area contributed by atoms with Gasteiger partial charge in [0.2, 0.25) is 5.91 Å². The van der Waals surface area contributed by atoms with Gasteiger partial charge in [0.1, 0.15) is 5.76 Å². The van der Waals surface area contributed by atoms with E-state index in [4.69, 9.17) is 20.8 Å². The van der Waals surface area contributed by atoms with Gasteiger partial charge in [-0.2, -0.15) is 0 Å². The van der Waals surface area contributed by atoms with Crippen molar-refractivity contribution in [1.29, 1.82) is 0 Å². The minimum atomic E-state index is -0.664. The quantitative estimate of drug-likeness (QED) is 0.782. The Morgan fingerprint density at radius 1 is 1.31 bits per heavy atom. The number of rotatable bonds is 6. The fraction of sp³-hybridized carbons (Fsp3) is 0.278. The monoisotopic (exact) mass is 376 g/mol. The lowest BCUT2D eigenvalue weighted by Crippen LogP contribution is -2.28. The van der Waals surface area contributed by atoms with Crippen molar-refractivity contribution in [3.63, 3.8) is 0 Å². The van der Waals surface area contributed by atoms with Crippen molar-refractivity contribution in [3.05, 3.63) is 52.9 Å². The van der Waals surface area contributed by atoms with Gasteiger partial charge >= 0.3 is 5.97 Å². The summed E-state index contributed by atoms with van der Waals surface area (Å²) < 4.78 is 10.1. The van der Waals surface area contributed by atoms with E-state index in [-0.39, 0.29) is 18.0 Å². The third-order valence-electron chi connectivity index (χ3n) is 3.92. The van der Waals surface area contributed by atoms with Crippen molar-refractivity contribution in [2.45, 2.75) is 19.4 Å².